The van der Waals surface area contributed by atoms with Crippen LogP contribution in [0.4, 0.5) is 13.2 Å². The lowest BCUT2D eigenvalue weighted by Crippen LogP contribution is -2.32. The van der Waals surface area contributed by atoms with Gasteiger partial charge >= 0.3 is 6.18 Å². The number of carbonyl (C=O) groups excluding carboxylic acids is 1. The number of amides is 1. The van der Waals surface area contributed by atoms with Crippen LogP contribution in [-0.4, -0.2) is 54.1 Å². The number of halogens is 3. The van der Waals surface area contributed by atoms with Crippen molar-refractivity contribution in [3.8, 4) is 5.88 Å². The molecule has 2 heterocycles. The van der Waals surface area contributed by atoms with Crippen molar-refractivity contribution in [2.45, 2.75) is 49.7 Å². The van der Waals surface area contributed by atoms with Crippen molar-refractivity contribution >= 4 is 26.6 Å². The van der Waals surface area contributed by atoms with Crippen molar-refractivity contribution in [2.24, 2.45) is 18.9 Å². The minimum Gasteiger partial charge on any atom is -0.476 e. The van der Waals surface area contributed by atoms with Crippen LogP contribution in [0, 0.1) is 11.8 Å². The van der Waals surface area contributed by atoms with Gasteiger partial charge in [-0.3, -0.25) is 4.79 Å². The quantitative estimate of drug-likeness (QED) is 0.392. The molecule has 39 heavy (non-hydrogen) atoms. The third kappa shape index (κ3) is 6.38. The van der Waals surface area contributed by atoms with E-state index in [1.807, 2.05) is 0 Å². The third-order valence-electron chi connectivity index (χ3n) is 7.42. The molecule has 3 aromatic rings. The van der Waals surface area contributed by atoms with Gasteiger partial charge in [-0.25, -0.2) is 13.4 Å². The number of sulfone groups is 1. The van der Waals surface area contributed by atoms with E-state index in [0.717, 1.165) is 0 Å². The second-order valence-electron chi connectivity index (χ2n) is 9.89. The maximum Gasteiger partial charge on any atom is 0.391 e. The molecular formula is C27H32F3N3O5S. The van der Waals surface area contributed by atoms with Gasteiger partial charge in [0.1, 0.15) is 11.2 Å². The maximum absolute atomic E-state index is 13.2. The van der Waals surface area contributed by atoms with Crippen LogP contribution in [0.2, 0.25) is 0 Å². The standard InChI is InChI=1S/C27H32F3N3O5S/c1-3-39(36,37)21-10-6-18(7-11-21)22(15-34)32-25(35)23-14-19-12-13-31-26(24(19)33(23)2)38-16-17-4-8-20(9-5-17)27(28,29)30/h6-7,10-14,17,20,22,34H,3-5,8-9,15-16H2,1-2H3,(H,32,35)/t17?,20?,22-/m0/s1. The molecule has 2 N–H and O–H groups in total. The fourth-order valence-electron chi connectivity index (χ4n) is 4.98. The van der Waals surface area contributed by atoms with E-state index in [4.69, 9.17) is 4.74 Å². The van der Waals surface area contributed by atoms with E-state index in [1.165, 1.54) is 12.1 Å². The molecule has 212 valence electrons. The molecule has 1 saturated carbocycles. The number of benzene rings is 1. The molecule has 1 amide bonds. The molecular weight excluding hydrogens is 535 g/mol. The summed E-state index contributed by atoms with van der Waals surface area (Å²) in [4.78, 5) is 17.6. The van der Waals surface area contributed by atoms with Crippen molar-refractivity contribution in [1.82, 2.24) is 14.9 Å². The van der Waals surface area contributed by atoms with Crippen LogP contribution < -0.4 is 10.1 Å². The predicted octanol–water partition coefficient (Wildman–Crippen LogP) is 4.58. The highest BCUT2D eigenvalue weighted by Gasteiger charge is 2.41. The number of aliphatic hydroxyl groups excluding tert-OH is 1. The summed E-state index contributed by atoms with van der Waals surface area (Å²) in [7, 11) is -1.70. The lowest BCUT2D eigenvalue weighted by Gasteiger charge is -2.29. The number of nitrogens with zero attached hydrogens (tertiary/aromatic N) is 2. The zero-order valence-electron chi connectivity index (χ0n) is 21.7. The summed E-state index contributed by atoms with van der Waals surface area (Å²) >= 11 is 0. The first kappa shape index (κ1) is 28.9. The zero-order valence-corrected chi connectivity index (χ0v) is 22.6. The van der Waals surface area contributed by atoms with Gasteiger partial charge < -0.3 is 19.7 Å². The highest BCUT2D eigenvalue weighted by molar-refractivity contribution is 7.91. The van der Waals surface area contributed by atoms with Crippen molar-refractivity contribution in [2.75, 3.05) is 19.0 Å². The summed E-state index contributed by atoms with van der Waals surface area (Å²) in [6.45, 7) is 1.39. The van der Waals surface area contributed by atoms with Crippen LogP contribution in [0.3, 0.4) is 0 Å². The van der Waals surface area contributed by atoms with Gasteiger partial charge in [0.05, 0.1) is 35.8 Å². The number of aromatic nitrogens is 2. The average molecular weight is 568 g/mol. The number of pyridine rings is 1. The maximum atomic E-state index is 13.2. The molecule has 1 atom stereocenters. The second-order valence-corrected chi connectivity index (χ2v) is 12.2. The van der Waals surface area contributed by atoms with Crippen LogP contribution in [0.1, 0.15) is 54.7 Å². The van der Waals surface area contributed by atoms with Crippen molar-refractivity contribution in [3.63, 3.8) is 0 Å². The molecule has 0 unspecified atom stereocenters. The van der Waals surface area contributed by atoms with Crippen molar-refractivity contribution < 1.29 is 36.2 Å². The molecule has 0 radical (unpaired) electrons. The number of ether oxygens (including phenoxy) is 1. The van der Waals surface area contributed by atoms with Crippen LogP contribution in [0.5, 0.6) is 5.88 Å². The van der Waals surface area contributed by atoms with Crippen LogP contribution >= 0.6 is 0 Å². The lowest BCUT2D eigenvalue weighted by molar-refractivity contribution is -0.184. The SMILES string of the molecule is CCS(=O)(=O)c1ccc([C@H](CO)NC(=O)c2cc3ccnc(OCC4CCC(C(F)(F)F)CC4)c3n2C)cc1. The Morgan fingerprint density at radius 3 is 2.44 bits per heavy atom. The van der Waals surface area contributed by atoms with E-state index in [1.54, 1.807) is 49.0 Å². The van der Waals surface area contributed by atoms with E-state index < -0.39 is 40.5 Å². The molecule has 1 aliphatic rings. The molecule has 1 aliphatic carbocycles. The summed E-state index contributed by atoms with van der Waals surface area (Å²) in [6, 6.07) is 8.64. The smallest absolute Gasteiger partial charge is 0.391 e. The number of hydrogen-bond donors (Lipinski definition) is 2. The average Bonchev–Trinajstić information content (AvgIpc) is 3.27. The van der Waals surface area contributed by atoms with E-state index in [9.17, 15) is 31.5 Å². The van der Waals surface area contributed by atoms with Gasteiger partial charge in [0.15, 0.2) is 9.84 Å². The summed E-state index contributed by atoms with van der Waals surface area (Å²) in [5.41, 5.74) is 1.41. The van der Waals surface area contributed by atoms with E-state index >= 15 is 0 Å². The number of rotatable bonds is 9. The fourth-order valence-corrected chi connectivity index (χ4v) is 5.87. The number of carbonyl (C=O) groups is 1. The minimum atomic E-state index is -4.16. The number of fused-ring (bicyclic) bond motifs is 1. The van der Waals surface area contributed by atoms with E-state index in [2.05, 4.69) is 10.3 Å². The number of aliphatic hydroxyl groups is 1. The Morgan fingerprint density at radius 1 is 1.18 bits per heavy atom. The zero-order chi connectivity index (χ0) is 28.4. The Balaban J connectivity index is 1.46. The van der Waals surface area contributed by atoms with Gasteiger partial charge in [0.25, 0.3) is 5.91 Å². The van der Waals surface area contributed by atoms with Gasteiger partial charge in [-0.05, 0) is 61.4 Å². The largest absolute Gasteiger partial charge is 0.476 e. The van der Waals surface area contributed by atoms with Gasteiger partial charge in [0.2, 0.25) is 5.88 Å². The van der Waals surface area contributed by atoms with Crippen LogP contribution in [0.15, 0.2) is 47.5 Å². The molecule has 0 spiro atoms. The Kier molecular flexibility index (Phi) is 8.55. The normalized spacial score (nSPS) is 19.1. The molecule has 0 bridgehead atoms. The molecule has 1 aromatic carbocycles. The molecule has 0 saturated heterocycles. The van der Waals surface area contributed by atoms with Gasteiger partial charge in [-0.15, -0.1) is 0 Å². The Bertz CT molecular complexity index is 1410. The van der Waals surface area contributed by atoms with Gasteiger partial charge in [-0.1, -0.05) is 19.1 Å². The van der Waals surface area contributed by atoms with E-state index in [0.29, 0.717) is 35.2 Å². The third-order valence-corrected chi connectivity index (χ3v) is 9.17. The number of aryl methyl sites for hydroxylation is 1. The van der Waals surface area contributed by atoms with Crippen molar-refractivity contribution in [1.29, 1.82) is 0 Å². The highest BCUT2D eigenvalue weighted by Crippen LogP contribution is 2.39. The molecule has 4 rings (SSSR count). The van der Waals surface area contributed by atoms with Crippen LogP contribution in [0.25, 0.3) is 10.9 Å². The first-order chi connectivity index (χ1) is 18.4. The molecule has 1 fully saturated rings. The Labute approximate surface area is 225 Å². The minimum absolute atomic E-state index is 0.00675. The predicted molar refractivity (Wildman–Crippen MR) is 139 cm³/mol. The summed E-state index contributed by atoms with van der Waals surface area (Å²) in [5, 5.41) is 13.4. The molecule has 8 nitrogen and oxygen atoms in total. The lowest BCUT2D eigenvalue weighted by atomic mass is 9.82. The summed E-state index contributed by atoms with van der Waals surface area (Å²) in [5.74, 6) is -1.47. The highest BCUT2D eigenvalue weighted by atomic mass is 32.2. The number of nitrogens with one attached hydrogen (secondary N) is 1. The first-order valence-corrected chi connectivity index (χ1v) is 14.5. The second kappa shape index (κ2) is 11.5. The molecule has 12 heteroatoms. The van der Waals surface area contributed by atoms with E-state index in [-0.39, 0.29) is 41.7 Å². The number of hydrogen-bond acceptors (Lipinski definition) is 6. The van der Waals surface area contributed by atoms with Gasteiger partial charge in [-0.2, -0.15) is 13.2 Å². The summed E-state index contributed by atoms with van der Waals surface area (Å²) in [6.07, 6.45) is -1.58. The first-order valence-electron chi connectivity index (χ1n) is 12.8. The monoisotopic (exact) mass is 567 g/mol. The topological polar surface area (TPSA) is 111 Å². The fraction of sp³-hybridized carbons (Fsp3) is 0.481. The molecule has 0 aliphatic heterocycles. The van der Waals surface area contributed by atoms with Gasteiger partial charge in [0, 0.05) is 18.6 Å². The number of alkyl halides is 3. The van der Waals surface area contributed by atoms with Crippen molar-refractivity contribution in [3.05, 3.63) is 53.9 Å². The summed E-state index contributed by atoms with van der Waals surface area (Å²) < 4.78 is 70.6. The Morgan fingerprint density at radius 2 is 1.85 bits per heavy atom. The Hall–Kier alpha value is -3.12. The van der Waals surface area contributed by atoms with Crippen LogP contribution in [-0.2, 0) is 16.9 Å². The molecule has 2 aromatic heterocycles.